The van der Waals surface area contributed by atoms with Crippen LogP contribution < -0.4 is 21.3 Å². The van der Waals surface area contributed by atoms with Crippen molar-refractivity contribution in [2.24, 2.45) is 11.1 Å². The van der Waals surface area contributed by atoms with E-state index in [1.54, 1.807) is 16.0 Å². The maximum Gasteiger partial charge on any atom is 0.253 e. The van der Waals surface area contributed by atoms with Crippen LogP contribution in [0.25, 0.3) is 0 Å². The van der Waals surface area contributed by atoms with Crippen molar-refractivity contribution in [1.82, 2.24) is 14.9 Å². The van der Waals surface area contributed by atoms with Gasteiger partial charge in [-0.05, 0) is 56.2 Å². The van der Waals surface area contributed by atoms with Gasteiger partial charge in [0.2, 0.25) is 0 Å². The number of piperidine rings is 2. The lowest BCUT2D eigenvalue weighted by atomic mass is 9.80. The molecule has 0 radical (unpaired) electrons. The Hall–Kier alpha value is -2.69. The number of aliphatic hydroxyl groups excluding tert-OH is 1. The number of carbonyl (C=O) groups is 1. The SMILES string of the molecule is CC1(CN)CCN(c2cnc(Sc3cccc(N4C(O)=CC(=O)N5CCCCC54)c3Cl)c(N)n2)CC1. The lowest BCUT2D eigenvalue weighted by Gasteiger charge is -2.45. The van der Waals surface area contributed by atoms with Crippen LogP contribution in [-0.2, 0) is 4.79 Å². The van der Waals surface area contributed by atoms with Crippen molar-refractivity contribution < 1.29 is 9.90 Å². The number of benzene rings is 1. The van der Waals surface area contributed by atoms with Crippen LogP contribution in [0.3, 0.4) is 0 Å². The molecule has 0 saturated carbocycles. The molecule has 36 heavy (non-hydrogen) atoms. The molecule has 0 spiro atoms. The summed E-state index contributed by atoms with van der Waals surface area (Å²) in [4.78, 5) is 28.1. The van der Waals surface area contributed by atoms with E-state index in [0.717, 1.165) is 55.9 Å². The topological polar surface area (TPSA) is 125 Å². The Morgan fingerprint density at radius 1 is 1.25 bits per heavy atom. The Morgan fingerprint density at radius 2 is 2.03 bits per heavy atom. The van der Waals surface area contributed by atoms with Crippen LogP contribution in [0.15, 0.2) is 46.3 Å². The average molecular weight is 530 g/mol. The molecule has 1 aromatic heterocycles. The zero-order chi connectivity index (χ0) is 25.4. The van der Waals surface area contributed by atoms with E-state index >= 15 is 0 Å². The van der Waals surface area contributed by atoms with E-state index < -0.39 is 0 Å². The highest BCUT2D eigenvalue weighted by atomic mass is 35.5. The molecule has 0 bridgehead atoms. The molecule has 1 unspecified atom stereocenters. The summed E-state index contributed by atoms with van der Waals surface area (Å²) in [5, 5.41) is 11.7. The highest BCUT2D eigenvalue weighted by Crippen LogP contribution is 2.43. The van der Waals surface area contributed by atoms with Crippen molar-refractivity contribution >= 4 is 46.6 Å². The Labute approximate surface area is 220 Å². The number of hydrogen-bond donors (Lipinski definition) is 3. The molecule has 2 saturated heterocycles. The van der Waals surface area contributed by atoms with E-state index in [2.05, 4.69) is 21.8 Å². The molecule has 192 valence electrons. The Balaban J connectivity index is 1.37. The molecule has 5 rings (SSSR count). The zero-order valence-corrected chi connectivity index (χ0v) is 21.9. The van der Waals surface area contributed by atoms with Gasteiger partial charge in [-0.3, -0.25) is 9.69 Å². The van der Waals surface area contributed by atoms with Crippen LogP contribution >= 0.6 is 23.4 Å². The van der Waals surface area contributed by atoms with E-state index in [0.29, 0.717) is 34.6 Å². The van der Waals surface area contributed by atoms with Gasteiger partial charge in [-0.2, -0.15) is 0 Å². The minimum atomic E-state index is -0.260. The lowest BCUT2D eigenvalue weighted by molar-refractivity contribution is -0.130. The fraction of sp³-hybridized carbons (Fsp3) is 0.480. The molecule has 1 atom stereocenters. The summed E-state index contributed by atoms with van der Waals surface area (Å²) in [7, 11) is 0. The number of anilines is 3. The summed E-state index contributed by atoms with van der Waals surface area (Å²) in [5.41, 5.74) is 13.1. The van der Waals surface area contributed by atoms with Crippen molar-refractivity contribution in [2.45, 2.75) is 55.1 Å². The number of hydrogen-bond acceptors (Lipinski definition) is 9. The van der Waals surface area contributed by atoms with Crippen molar-refractivity contribution in [3.05, 3.63) is 41.4 Å². The first kappa shape index (κ1) is 25.0. The number of aliphatic hydroxyl groups is 1. The molecule has 1 aromatic carbocycles. The molecule has 4 heterocycles. The summed E-state index contributed by atoms with van der Waals surface area (Å²) < 4.78 is 0. The van der Waals surface area contributed by atoms with E-state index in [-0.39, 0.29) is 23.4 Å². The molecule has 11 heteroatoms. The number of nitrogen functional groups attached to an aromatic ring is 1. The Morgan fingerprint density at radius 3 is 2.75 bits per heavy atom. The first-order chi connectivity index (χ1) is 17.3. The smallest absolute Gasteiger partial charge is 0.253 e. The molecule has 3 aliphatic heterocycles. The van der Waals surface area contributed by atoms with Crippen LogP contribution in [0.4, 0.5) is 17.3 Å². The van der Waals surface area contributed by atoms with Crippen LogP contribution in [0.1, 0.15) is 39.0 Å². The van der Waals surface area contributed by atoms with Gasteiger partial charge < -0.3 is 26.4 Å². The number of nitrogens with zero attached hydrogens (tertiary/aromatic N) is 5. The number of fused-ring (bicyclic) bond motifs is 1. The lowest BCUT2D eigenvalue weighted by Crippen LogP contribution is -2.56. The monoisotopic (exact) mass is 529 g/mol. The van der Waals surface area contributed by atoms with Gasteiger partial charge in [0.15, 0.2) is 11.7 Å². The van der Waals surface area contributed by atoms with Gasteiger partial charge in [0, 0.05) is 24.5 Å². The normalized spacial score (nSPS) is 21.9. The van der Waals surface area contributed by atoms with Gasteiger partial charge in [-0.15, -0.1) is 0 Å². The fourth-order valence-electron chi connectivity index (χ4n) is 5.10. The summed E-state index contributed by atoms with van der Waals surface area (Å²) in [6.07, 6.45) is 7.46. The maximum absolute atomic E-state index is 12.4. The molecule has 3 aliphatic rings. The molecular formula is C25H32ClN7O2S. The van der Waals surface area contributed by atoms with Gasteiger partial charge in [0.25, 0.3) is 5.91 Å². The number of nitrogens with two attached hydrogens (primary N) is 2. The molecule has 2 aromatic rings. The standard InChI is InChI=1S/C25H32ClN7O2S/c1-25(15-27)8-11-31(12-9-25)18-14-29-24(23(28)30-18)36-17-6-4-5-16(22(17)26)33-19-7-2-3-10-32(19)20(34)13-21(33)35/h4-6,13-14,19,35H,2-3,7-12,15,27H2,1H3,(H2,28,30). The number of rotatable bonds is 5. The summed E-state index contributed by atoms with van der Waals surface area (Å²) in [5.74, 6) is 0.847. The van der Waals surface area contributed by atoms with Crippen molar-refractivity contribution in [2.75, 3.05) is 41.7 Å². The molecular weight excluding hydrogens is 498 g/mol. The third-order valence-electron chi connectivity index (χ3n) is 7.50. The predicted octanol–water partition coefficient (Wildman–Crippen LogP) is 3.99. The van der Waals surface area contributed by atoms with Gasteiger partial charge in [-0.25, -0.2) is 9.97 Å². The quantitative estimate of drug-likeness (QED) is 0.527. The number of aromatic nitrogens is 2. The molecule has 0 aliphatic carbocycles. The van der Waals surface area contributed by atoms with Crippen LogP contribution in [0.2, 0.25) is 5.02 Å². The van der Waals surface area contributed by atoms with Gasteiger partial charge >= 0.3 is 0 Å². The highest BCUT2D eigenvalue weighted by Gasteiger charge is 2.38. The third kappa shape index (κ3) is 4.69. The molecule has 2 fully saturated rings. The van der Waals surface area contributed by atoms with Gasteiger partial charge in [0.1, 0.15) is 17.0 Å². The third-order valence-corrected chi connectivity index (χ3v) is 9.08. The van der Waals surface area contributed by atoms with Crippen molar-refractivity contribution in [3.63, 3.8) is 0 Å². The predicted molar refractivity (Wildman–Crippen MR) is 143 cm³/mol. The number of amides is 1. The van der Waals surface area contributed by atoms with Crippen molar-refractivity contribution in [1.29, 1.82) is 0 Å². The van der Waals surface area contributed by atoms with Crippen molar-refractivity contribution in [3.8, 4) is 0 Å². The minimum absolute atomic E-state index is 0.0943. The van der Waals surface area contributed by atoms with Gasteiger partial charge in [-0.1, -0.05) is 36.4 Å². The van der Waals surface area contributed by atoms with Crippen LogP contribution in [0, 0.1) is 5.41 Å². The fourth-order valence-corrected chi connectivity index (χ4v) is 6.24. The molecule has 1 amide bonds. The highest BCUT2D eigenvalue weighted by molar-refractivity contribution is 7.99. The first-order valence-corrected chi connectivity index (χ1v) is 13.5. The Bertz CT molecular complexity index is 1180. The summed E-state index contributed by atoms with van der Waals surface area (Å²) >= 11 is 8.19. The second kappa shape index (κ2) is 9.99. The molecule has 5 N–H and O–H groups in total. The average Bonchev–Trinajstić information content (AvgIpc) is 2.88. The van der Waals surface area contributed by atoms with Gasteiger partial charge in [0.05, 0.1) is 23.0 Å². The van der Waals surface area contributed by atoms with E-state index in [1.165, 1.54) is 17.8 Å². The van der Waals surface area contributed by atoms with Crippen LogP contribution in [0.5, 0.6) is 0 Å². The zero-order valence-electron chi connectivity index (χ0n) is 20.4. The van der Waals surface area contributed by atoms with E-state index in [9.17, 15) is 9.90 Å². The van der Waals surface area contributed by atoms with E-state index in [1.807, 2.05) is 18.2 Å². The molecule has 9 nitrogen and oxygen atoms in total. The largest absolute Gasteiger partial charge is 0.494 e. The number of halogens is 1. The second-order valence-electron chi connectivity index (χ2n) is 9.99. The first-order valence-electron chi connectivity index (χ1n) is 12.3. The summed E-state index contributed by atoms with van der Waals surface area (Å²) in [6, 6.07) is 5.61. The minimum Gasteiger partial charge on any atom is -0.494 e. The van der Waals surface area contributed by atoms with E-state index in [4.69, 9.17) is 23.1 Å². The number of carbonyl (C=O) groups excluding carboxylic acids is 1. The second-order valence-corrected chi connectivity index (χ2v) is 11.4. The van der Waals surface area contributed by atoms with Crippen LogP contribution in [-0.4, -0.2) is 58.2 Å². The maximum atomic E-state index is 12.4. The summed E-state index contributed by atoms with van der Waals surface area (Å²) in [6.45, 7) is 5.32. The Kier molecular flexibility index (Phi) is 6.93.